The van der Waals surface area contributed by atoms with Crippen molar-refractivity contribution < 1.29 is 18.3 Å². The highest BCUT2D eigenvalue weighted by atomic mass is 32.2. The molecule has 1 amide bonds. The summed E-state index contributed by atoms with van der Waals surface area (Å²) in [7, 11) is -3.21. The van der Waals surface area contributed by atoms with E-state index in [1.165, 1.54) is 6.42 Å². The van der Waals surface area contributed by atoms with Crippen molar-refractivity contribution in [3.63, 3.8) is 0 Å². The summed E-state index contributed by atoms with van der Waals surface area (Å²) in [5, 5.41) is 9.90. The molecule has 0 aromatic rings. The molecule has 110 valence electrons. The van der Waals surface area contributed by atoms with Crippen LogP contribution in [-0.4, -0.2) is 54.5 Å². The van der Waals surface area contributed by atoms with E-state index in [1.54, 1.807) is 4.90 Å². The highest BCUT2D eigenvalue weighted by molar-refractivity contribution is 7.91. The van der Waals surface area contributed by atoms with Crippen LogP contribution in [0.25, 0.3) is 0 Å². The van der Waals surface area contributed by atoms with E-state index in [-0.39, 0.29) is 23.3 Å². The topological polar surface area (TPSA) is 74.7 Å². The highest BCUT2D eigenvalue weighted by Crippen LogP contribution is 2.28. The Balaban J connectivity index is 2.09. The van der Waals surface area contributed by atoms with Crippen LogP contribution in [-0.2, 0) is 14.6 Å². The lowest BCUT2D eigenvalue weighted by Crippen LogP contribution is -2.49. The van der Waals surface area contributed by atoms with E-state index in [2.05, 4.69) is 0 Å². The van der Waals surface area contributed by atoms with Crippen LogP contribution in [0.2, 0.25) is 0 Å². The number of carbonyl (C=O) groups is 1. The number of hydrogen-bond donors (Lipinski definition) is 1. The van der Waals surface area contributed by atoms with Gasteiger partial charge in [-0.2, -0.15) is 0 Å². The maximum Gasteiger partial charge on any atom is 0.226 e. The third-order valence-corrected chi connectivity index (χ3v) is 5.97. The predicted octanol–water partition coefficient (Wildman–Crippen LogP) is 0.573. The van der Waals surface area contributed by atoms with Gasteiger partial charge in [0, 0.05) is 12.5 Å². The Morgan fingerprint density at radius 3 is 2.32 bits per heavy atom. The molecule has 2 atom stereocenters. The molecule has 0 aromatic carbocycles. The first kappa shape index (κ1) is 14.8. The average molecular weight is 289 g/mol. The quantitative estimate of drug-likeness (QED) is 0.824. The molecular weight excluding hydrogens is 266 g/mol. The Labute approximate surface area is 114 Å². The third-order valence-electron chi connectivity index (χ3n) is 4.27. The van der Waals surface area contributed by atoms with Crippen molar-refractivity contribution in [2.24, 2.45) is 5.92 Å². The van der Waals surface area contributed by atoms with E-state index in [1.807, 2.05) is 6.92 Å². The van der Waals surface area contributed by atoms with Crippen LogP contribution in [0.1, 0.15) is 39.0 Å². The molecule has 0 bridgehead atoms. The predicted molar refractivity (Wildman–Crippen MR) is 72.4 cm³/mol. The van der Waals surface area contributed by atoms with Gasteiger partial charge in [0.2, 0.25) is 5.91 Å². The van der Waals surface area contributed by atoms with E-state index in [4.69, 9.17) is 0 Å². The van der Waals surface area contributed by atoms with Gasteiger partial charge in [0.1, 0.15) is 0 Å². The van der Waals surface area contributed by atoms with Gasteiger partial charge >= 0.3 is 0 Å². The van der Waals surface area contributed by atoms with Gasteiger partial charge in [-0.25, -0.2) is 8.42 Å². The zero-order valence-corrected chi connectivity index (χ0v) is 12.2. The Kier molecular flexibility index (Phi) is 4.50. The monoisotopic (exact) mass is 289 g/mol. The number of carbonyl (C=O) groups excluding carboxylic acids is 1. The van der Waals surface area contributed by atoms with Gasteiger partial charge < -0.3 is 10.0 Å². The standard InChI is InChI=1S/C13H23NO4S/c1-2-14(11-8-19(17,18)9-12(11)15)13(16)10-6-4-3-5-7-10/h10-12,15H,2-9H2,1H3. The van der Waals surface area contributed by atoms with Crippen molar-refractivity contribution in [1.29, 1.82) is 0 Å². The molecule has 2 fully saturated rings. The lowest BCUT2D eigenvalue weighted by atomic mass is 9.88. The fraction of sp³-hybridized carbons (Fsp3) is 0.923. The Hall–Kier alpha value is -0.620. The third kappa shape index (κ3) is 3.28. The van der Waals surface area contributed by atoms with Crippen molar-refractivity contribution in [2.75, 3.05) is 18.1 Å². The van der Waals surface area contributed by atoms with Gasteiger partial charge in [0.15, 0.2) is 9.84 Å². The van der Waals surface area contributed by atoms with Gasteiger partial charge in [-0.15, -0.1) is 0 Å². The van der Waals surface area contributed by atoms with Crippen LogP contribution in [0.5, 0.6) is 0 Å². The Morgan fingerprint density at radius 1 is 1.21 bits per heavy atom. The number of aliphatic hydroxyl groups is 1. The molecule has 1 aliphatic carbocycles. The lowest BCUT2D eigenvalue weighted by Gasteiger charge is -2.33. The summed E-state index contributed by atoms with van der Waals surface area (Å²) < 4.78 is 23.1. The number of aliphatic hydroxyl groups excluding tert-OH is 1. The largest absolute Gasteiger partial charge is 0.390 e. The number of hydrogen-bond acceptors (Lipinski definition) is 4. The second-order valence-electron chi connectivity index (χ2n) is 5.67. The number of sulfone groups is 1. The zero-order chi connectivity index (χ0) is 14.0. The summed E-state index contributed by atoms with van der Waals surface area (Å²) in [6.45, 7) is 2.31. The number of rotatable bonds is 3. The summed E-state index contributed by atoms with van der Waals surface area (Å²) in [5.41, 5.74) is 0. The number of nitrogens with zero attached hydrogens (tertiary/aromatic N) is 1. The van der Waals surface area contributed by atoms with Crippen LogP contribution < -0.4 is 0 Å². The molecule has 1 aliphatic heterocycles. The molecule has 5 nitrogen and oxygen atoms in total. The fourth-order valence-electron chi connectivity index (χ4n) is 3.25. The van der Waals surface area contributed by atoms with Crippen LogP contribution >= 0.6 is 0 Å². The SMILES string of the molecule is CCN(C(=O)C1CCCCC1)C1CS(=O)(=O)CC1O. The van der Waals surface area contributed by atoms with Crippen LogP contribution in [0.15, 0.2) is 0 Å². The van der Waals surface area contributed by atoms with Gasteiger partial charge in [-0.1, -0.05) is 19.3 Å². The number of likely N-dealkylation sites (N-methyl/N-ethyl adjacent to an activating group) is 1. The summed E-state index contributed by atoms with van der Waals surface area (Å²) in [6.07, 6.45) is 4.17. The lowest BCUT2D eigenvalue weighted by molar-refractivity contribution is -0.140. The molecule has 19 heavy (non-hydrogen) atoms. The maximum atomic E-state index is 12.5. The highest BCUT2D eigenvalue weighted by Gasteiger charge is 2.42. The first-order valence-corrected chi connectivity index (χ1v) is 8.95. The van der Waals surface area contributed by atoms with Gasteiger partial charge in [-0.3, -0.25) is 4.79 Å². The second-order valence-corrected chi connectivity index (χ2v) is 7.82. The average Bonchev–Trinajstić information content (AvgIpc) is 2.65. The van der Waals surface area contributed by atoms with Crippen LogP contribution in [0.4, 0.5) is 0 Å². The van der Waals surface area contributed by atoms with E-state index < -0.39 is 22.0 Å². The normalized spacial score (nSPS) is 31.3. The van der Waals surface area contributed by atoms with E-state index in [9.17, 15) is 18.3 Å². The molecule has 1 saturated carbocycles. The first-order chi connectivity index (χ1) is 8.94. The second kappa shape index (κ2) is 5.79. The van der Waals surface area contributed by atoms with Crippen molar-refractivity contribution >= 4 is 15.7 Å². The molecule has 0 spiro atoms. The maximum absolute atomic E-state index is 12.5. The smallest absolute Gasteiger partial charge is 0.226 e. The van der Waals surface area contributed by atoms with Crippen molar-refractivity contribution in [2.45, 2.75) is 51.2 Å². The van der Waals surface area contributed by atoms with Gasteiger partial charge in [-0.05, 0) is 19.8 Å². The molecule has 0 radical (unpaired) electrons. The molecule has 1 N–H and O–H groups in total. The number of amides is 1. The molecule has 2 unspecified atom stereocenters. The molecular formula is C13H23NO4S. The minimum atomic E-state index is -3.21. The fourth-order valence-corrected chi connectivity index (χ4v) is 5.05. The van der Waals surface area contributed by atoms with Crippen molar-refractivity contribution in [3.05, 3.63) is 0 Å². The summed E-state index contributed by atoms with van der Waals surface area (Å²) >= 11 is 0. The van der Waals surface area contributed by atoms with E-state index in [0.29, 0.717) is 6.54 Å². The summed E-state index contributed by atoms with van der Waals surface area (Å²) in [5.74, 6) is -0.264. The minimum absolute atomic E-state index is 0.0178. The van der Waals surface area contributed by atoms with Crippen LogP contribution in [0, 0.1) is 5.92 Å². The van der Waals surface area contributed by atoms with Gasteiger partial charge in [0.25, 0.3) is 0 Å². The van der Waals surface area contributed by atoms with Crippen molar-refractivity contribution in [3.8, 4) is 0 Å². The Morgan fingerprint density at radius 2 is 1.84 bits per heavy atom. The zero-order valence-electron chi connectivity index (χ0n) is 11.4. The molecule has 1 saturated heterocycles. The molecule has 2 rings (SSSR count). The molecule has 2 aliphatic rings. The summed E-state index contributed by atoms with van der Waals surface area (Å²) in [4.78, 5) is 14.1. The van der Waals surface area contributed by atoms with Crippen LogP contribution in [0.3, 0.4) is 0 Å². The van der Waals surface area contributed by atoms with Crippen molar-refractivity contribution in [1.82, 2.24) is 4.90 Å². The molecule has 0 aromatic heterocycles. The van der Waals surface area contributed by atoms with E-state index in [0.717, 1.165) is 25.7 Å². The first-order valence-electron chi connectivity index (χ1n) is 7.13. The minimum Gasteiger partial charge on any atom is -0.390 e. The van der Waals surface area contributed by atoms with Gasteiger partial charge in [0.05, 0.1) is 23.7 Å². The van der Waals surface area contributed by atoms with E-state index >= 15 is 0 Å². The summed E-state index contributed by atoms with van der Waals surface area (Å²) in [6, 6.07) is -0.551. The molecule has 6 heteroatoms. The molecule has 1 heterocycles. The Bertz CT molecular complexity index is 428.